The highest BCUT2D eigenvalue weighted by molar-refractivity contribution is 6.30. The van der Waals surface area contributed by atoms with Crippen LogP contribution >= 0.6 is 11.6 Å². The molecule has 1 saturated carbocycles. The fraction of sp³-hybridized carbons (Fsp3) is 0.467. The van der Waals surface area contributed by atoms with Crippen LogP contribution in [0.5, 0.6) is 0 Å². The normalized spacial score (nSPS) is 21.4. The smallest absolute Gasteiger partial charge is 0.323 e. The summed E-state index contributed by atoms with van der Waals surface area (Å²) >= 11 is 5.94. The van der Waals surface area contributed by atoms with E-state index in [0.29, 0.717) is 5.02 Å². The number of imide groups is 1. The predicted molar refractivity (Wildman–Crippen MR) is 76.3 cm³/mol. The highest BCUT2D eigenvalue weighted by atomic mass is 35.5. The molecule has 1 N–H and O–H groups in total. The SMILES string of the molecule is O=C1NC2(CCCCC2)C(=O)N1Cc1cccc(Cl)c1. The predicted octanol–water partition coefficient (Wildman–Crippen LogP) is 3.09. The molecule has 5 heteroatoms. The average molecular weight is 293 g/mol. The number of carbonyl (C=O) groups excluding carboxylic acids is 2. The maximum atomic E-state index is 12.6. The van der Waals surface area contributed by atoms with Crippen molar-refractivity contribution in [2.24, 2.45) is 0 Å². The molecule has 3 amide bonds. The molecule has 0 radical (unpaired) electrons. The Morgan fingerprint density at radius 3 is 2.65 bits per heavy atom. The molecule has 106 valence electrons. The Kier molecular flexibility index (Phi) is 3.42. The first-order chi connectivity index (χ1) is 9.61. The van der Waals surface area contributed by atoms with Crippen LogP contribution in [0.2, 0.25) is 5.02 Å². The number of hydrogen-bond donors (Lipinski definition) is 1. The minimum atomic E-state index is -0.645. The summed E-state index contributed by atoms with van der Waals surface area (Å²) in [6, 6.07) is 6.98. The van der Waals surface area contributed by atoms with Crippen molar-refractivity contribution < 1.29 is 9.59 Å². The third-order valence-corrected chi connectivity index (χ3v) is 4.42. The lowest BCUT2D eigenvalue weighted by Crippen LogP contribution is -2.48. The largest absolute Gasteiger partial charge is 0.325 e. The fourth-order valence-electron chi connectivity index (χ4n) is 3.13. The first-order valence-electron chi connectivity index (χ1n) is 6.99. The molecular weight excluding hydrogens is 276 g/mol. The topological polar surface area (TPSA) is 49.4 Å². The minimum Gasteiger partial charge on any atom is -0.323 e. The van der Waals surface area contributed by atoms with E-state index in [-0.39, 0.29) is 18.5 Å². The van der Waals surface area contributed by atoms with Crippen LogP contribution in [0.1, 0.15) is 37.7 Å². The van der Waals surface area contributed by atoms with Gasteiger partial charge in [0.15, 0.2) is 0 Å². The van der Waals surface area contributed by atoms with Gasteiger partial charge in [-0.1, -0.05) is 43.0 Å². The second kappa shape index (κ2) is 5.09. The Balaban J connectivity index is 1.80. The second-order valence-electron chi connectivity index (χ2n) is 5.59. The van der Waals surface area contributed by atoms with Gasteiger partial charge in [-0.3, -0.25) is 9.69 Å². The summed E-state index contributed by atoms with van der Waals surface area (Å²) in [5.41, 5.74) is 0.224. The molecule has 1 saturated heterocycles. The van der Waals surface area contributed by atoms with Crippen LogP contribution in [0, 0.1) is 0 Å². The van der Waals surface area contributed by atoms with E-state index in [1.54, 1.807) is 12.1 Å². The van der Waals surface area contributed by atoms with Gasteiger partial charge in [-0.05, 0) is 30.5 Å². The third-order valence-electron chi connectivity index (χ3n) is 4.18. The molecule has 4 nitrogen and oxygen atoms in total. The first-order valence-corrected chi connectivity index (χ1v) is 7.37. The summed E-state index contributed by atoms with van der Waals surface area (Å²) in [7, 11) is 0. The van der Waals surface area contributed by atoms with Crippen LogP contribution in [0.15, 0.2) is 24.3 Å². The number of urea groups is 1. The Morgan fingerprint density at radius 2 is 1.95 bits per heavy atom. The van der Waals surface area contributed by atoms with Crippen LogP contribution in [-0.4, -0.2) is 22.4 Å². The van der Waals surface area contributed by atoms with Crippen LogP contribution < -0.4 is 5.32 Å². The number of hydrogen-bond acceptors (Lipinski definition) is 2. The number of nitrogens with zero attached hydrogens (tertiary/aromatic N) is 1. The van der Waals surface area contributed by atoms with Crippen LogP contribution in [0.4, 0.5) is 4.79 Å². The van der Waals surface area contributed by atoms with Crippen LogP contribution in [0.3, 0.4) is 0 Å². The molecule has 1 heterocycles. The molecule has 1 aliphatic carbocycles. The van der Waals surface area contributed by atoms with Crippen molar-refractivity contribution in [3.8, 4) is 0 Å². The minimum absolute atomic E-state index is 0.0813. The van der Waals surface area contributed by atoms with Gasteiger partial charge in [0.1, 0.15) is 5.54 Å². The van der Waals surface area contributed by atoms with E-state index in [0.717, 1.165) is 37.7 Å². The van der Waals surface area contributed by atoms with Crippen molar-refractivity contribution in [3.05, 3.63) is 34.9 Å². The van der Waals surface area contributed by atoms with E-state index in [1.807, 2.05) is 12.1 Å². The molecule has 0 unspecified atom stereocenters. The number of benzene rings is 1. The van der Waals surface area contributed by atoms with Gasteiger partial charge in [-0.15, -0.1) is 0 Å². The van der Waals surface area contributed by atoms with Crippen molar-refractivity contribution in [2.75, 3.05) is 0 Å². The van der Waals surface area contributed by atoms with Crippen molar-refractivity contribution in [1.82, 2.24) is 10.2 Å². The monoisotopic (exact) mass is 292 g/mol. The van der Waals surface area contributed by atoms with E-state index in [2.05, 4.69) is 5.32 Å². The van der Waals surface area contributed by atoms with E-state index in [1.165, 1.54) is 4.90 Å². The molecular formula is C15H17ClN2O2. The Morgan fingerprint density at radius 1 is 1.20 bits per heavy atom. The lowest BCUT2D eigenvalue weighted by molar-refractivity contribution is -0.132. The maximum absolute atomic E-state index is 12.6. The highest BCUT2D eigenvalue weighted by Crippen LogP contribution is 2.34. The Bertz CT molecular complexity index is 553. The van der Waals surface area contributed by atoms with Crippen LogP contribution in [-0.2, 0) is 11.3 Å². The van der Waals surface area contributed by atoms with Crippen molar-refractivity contribution in [3.63, 3.8) is 0 Å². The zero-order valence-corrected chi connectivity index (χ0v) is 11.9. The van der Waals surface area contributed by atoms with Gasteiger partial charge >= 0.3 is 6.03 Å². The highest BCUT2D eigenvalue weighted by Gasteiger charge is 2.51. The maximum Gasteiger partial charge on any atom is 0.325 e. The number of carbonyl (C=O) groups is 2. The summed E-state index contributed by atoms with van der Waals surface area (Å²) in [5.74, 6) is -0.0813. The number of halogens is 1. The summed E-state index contributed by atoms with van der Waals surface area (Å²) in [4.78, 5) is 26.0. The average Bonchev–Trinajstić information content (AvgIpc) is 2.64. The summed E-state index contributed by atoms with van der Waals surface area (Å²) in [6.45, 7) is 0.285. The molecule has 0 atom stereocenters. The van der Waals surface area contributed by atoms with Gasteiger partial charge in [-0.25, -0.2) is 4.79 Å². The second-order valence-corrected chi connectivity index (χ2v) is 6.03. The van der Waals surface area contributed by atoms with Gasteiger partial charge < -0.3 is 5.32 Å². The van der Waals surface area contributed by atoms with Gasteiger partial charge in [0.05, 0.1) is 6.54 Å². The molecule has 3 rings (SSSR count). The quantitative estimate of drug-likeness (QED) is 0.852. The van der Waals surface area contributed by atoms with E-state index in [9.17, 15) is 9.59 Å². The molecule has 1 aliphatic heterocycles. The standard InChI is InChI=1S/C15H17ClN2O2/c16-12-6-4-5-11(9-12)10-18-13(19)15(17-14(18)20)7-2-1-3-8-15/h4-6,9H,1-3,7-8,10H2,(H,17,20). The number of nitrogens with one attached hydrogen (secondary N) is 1. The van der Waals surface area contributed by atoms with Gasteiger partial charge in [0, 0.05) is 5.02 Å². The fourth-order valence-corrected chi connectivity index (χ4v) is 3.34. The van der Waals surface area contributed by atoms with Gasteiger partial charge in [0.25, 0.3) is 5.91 Å². The van der Waals surface area contributed by atoms with Gasteiger partial charge in [0.2, 0.25) is 0 Å². The number of amides is 3. The zero-order chi connectivity index (χ0) is 14.2. The van der Waals surface area contributed by atoms with E-state index >= 15 is 0 Å². The summed E-state index contributed by atoms with van der Waals surface area (Å²) in [5, 5.41) is 3.52. The first kappa shape index (κ1) is 13.4. The van der Waals surface area contributed by atoms with Crippen molar-refractivity contribution in [1.29, 1.82) is 0 Å². The van der Waals surface area contributed by atoms with Crippen molar-refractivity contribution >= 4 is 23.5 Å². The molecule has 1 aromatic carbocycles. The lowest BCUT2D eigenvalue weighted by Gasteiger charge is -2.30. The Hall–Kier alpha value is -1.55. The van der Waals surface area contributed by atoms with Crippen molar-refractivity contribution in [2.45, 2.75) is 44.2 Å². The Labute approximate surface area is 123 Å². The molecule has 20 heavy (non-hydrogen) atoms. The molecule has 1 spiro atoms. The molecule has 2 fully saturated rings. The third kappa shape index (κ3) is 2.29. The van der Waals surface area contributed by atoms with Gasteiger partial charge in [-0.2, -0.15) is 0 Å². The molecule has 1 aromatic rings. The zero-order valence-electron chi connectivity index (χ0n) is 11.2. The molecule has 0 aromatic heterocycles. The van der Waals surface area contributed by atoms with Crippen LogP contribution in [0.25, 0.3) is 0 Å². The lowest BCUT2D eigenvalue weighted by atomic mass is 9.82. The molecule has 0 bridgehead atoms. The van der Waals surface area contributed by atoms with E-state index < -0.39 is 5.54 Å². The summed E-state index contributed by atoms with van der Waals surface area (Å²) in [6.07, 6.45) is 4.64. The molecule has 2 aliphatic rings. The number of rotatable bonds is 2. The summed E-state index contributed by atoms with van der Waals surface area (Å²) < 4.78 is 0. The van der Waals surface area contributed by atoms with E-state index in [4.69, 9.17) is 11.6 Å².